The van der Waals surface area contributed by atoms with Crippen molar-refractivity contribution in [3.8, 4) is 11.3 Å². The summed E-state index contributed by atoms with van der Waals surface area (Å²) < 4.78 is 0. The first-order valence-corrected chi connectivity index (χ1v) is 8.97. The number of anilines is 1. The smallest absolute Gasteiger partial charge is 0.253 e. The number of likely N-dealkylation sites (tertiary alicyclic amines) is 1. The van der Waals surface area contributed by atoms with Gasteiger partial charge >= 0.3 is 0 Å². The number of aliphatic hydroxyl groups is 1. The molecule has 6 nitrogen and oxygen atoms in total. The number of carbonyl (C=O) groups is 1. The summed E-state index contributed by atoms with van der Waals surface area (Å²) in [5.74, 6) is 0.612. The molecule has 2 heterocycles. The molecule has 1 saturated heterocycles. The van der Waals surface area contributed by atoms with E-state index in [4.69, 9.17) is 0 Å². The summed E-state index contributed by atoms with van der Waals surface area (Å²) in [5.41, 5.74) is 4.30. The molecule has 1 atom stereocenters. The van der Waals surface area contributed by atoms with Gasteiger partial charge in [0.15, 0.2) is 0 Å². The van der Waals surface area contributed by atoms with Crippen molar-refractivity contribution in [3.05, 3.63) is 41.1 Å². The summed E-state index contributed by atoms with van der Waals surface area (Å²) in [5, 5.41) is 9.84. The Morgan fingerprint density at radius 1 is 1.27 bits per heavy atom. The van der Waals surface area contributed by atoms with Crippen molar-refractivity contribution >= 4 is 11.9 Å². The molecule has 1 aliphatic heterocycles. The summed E-state index contributed by atoms with van der Waals surface area (Å²) in [6.07, 6.45) is 1.17. The Morgan fingerprint density at radius 3 is 2.73 bits per heavy atom. The largest absolute Gasteiger partial charge is 0.391 e. The van der Waals surface area contributed by atoms with E-state index < -0.39 is 6.10 Å². The number of rotatable bonds is 3. The molecule has 1 aliphatic rings. The molecule has 1 aromatic carbocycles. The van der Waals surface area contributed by atoms with Crippen LogP contribution >= 0.6 is 0 Å². The van der Waals surface area contributed by atoms with Gasteiger partial charge in [-0.05, 0) is 44.4 Å². The molecular formula is C20H26N4O2. The number of carbonyl (C=O) groups excluding carboxylic acids is 1. The van der Waals surface area contributed by atoms with Crippen LogP contribution in [0.5, 0.6) is 0 Å². The molecule has 1 aromatic heterocycles. The fourth-order valence-corrected chi connectivity index (χ4v) is 3.22. The average Bonchev–Trinajstić information content (AvgIpc) is 2.63. The van der Waals surface area contributed by atoms with Crippen LogP contribution in [0.15, 0.2) is 24.3 Å². The molecular weight excluding hydrogens is 328 g/mol. The molecule has 1 amide bonds. The zero-order chi connectivity index (χ0) is 18.8. The van der Waals surface area contributed by atoms with Gasteiger partial charge in [0.1, 0.15) is 0 Å². The van der Waals surface area contributed by atoms with Crippen LogP contribution in [0.1, 0.15) is 34.5 Å². The molecule has 0 spiro atoms. The number of hydrogen-bond acceptors (Lipinski definition) is 5. The van der Waals surface area contributed by atoms with E-state index in [0.717, 1.165) is 35.4 Å². The van der Waals surface area contributed by atoms with Gasteiger partial charge in [0, 0.05) is 44.0 Å². The lowest BCUT2D eigenvalue weighted by Crippen LogP contribution is -2.42. The van der Waals surface area contributed by atoms with Crippen molar-refractivity contribution in [1.82, 2.24) is 14.9 Å². The van der Waals surface area contributed by atoms with Crippen LogP contribution in [-0.2, 0) is 0 Å². The molecule has 1 N–H and O–H groups in total. The third-order valence-electron chi connectivity index (χ3n) is 4.84. The lowest BCUT2D eigenvalue weighted by atomic mass is 10.0. The number of hydrogen-bond donors (Lipinski definition) is 1. The van der Waals surface area contributed by atoms with Gasteiger partial charge in [0.25, 0.3) is 5.91 Å². The summed E-state index contributed by atoms with van der Waals surface area (Å²) in [7, 11) is 3.82. The number of aryl methyl sites for hydroxylation is 1. The Balaban J connectivity index is 1.96. The molecule has 0 bridgehead atoms. The highest BCUT2D eigenvalue weighted by atomic mass is 16.3. The summed E-state index contributed by atoms with van der Waals surface area (Å²) in [4.78, 5) is 25.6. The van der Waals surface area contributed by atoms with Crippen molar-refractivity contribution in [2.24, 2.45) is 0 Å². The van der Waals surface area contributed by atoms with E-state index in [1.54, 1.807) is 4.90 Å². The molecule has 2 aromatic rings. The van der Waals surface area contributed by atoms with E-state index in [1.165, 1.54) is 0 Å². The highest BCUT2D eigenvalue weighted by Gasteiger charge is 2.23. The fourth-order valence-electron chi connectivity index (χ4n) is 3.22. The minimum atomic E-state index is -0.426. The lowest BCUT2D eigenvalue weighted by molar-refractivity contribution is 0.0474. The van der Waals surface area contributed by atoms with E-state index in [2.05, 4.69) is 9.97 Å². The second kappa shape index (κ2) is 7.41. The second-order valence-electron chi connectivity index (χ2n) is 7.11. The fraction of sp³-hybridized carbons (Fsp3) is 0.450. The standard InChI is InChI=1S/C20H26N4O2/c1-13-14(2)21-20(23(3)4)22-18(13)15-7-5-8-16(11-15)19(26)24-10-6-9-17(25)12-24/h5,7-8,11,17,25H,6,9-10,12H2,1-4H3/t17-/m1/s1. The van der Waals surface area contributed by atoms with Crippen LogP contribution in [0.25, 0.3) is 11.3 Å². The molecule has 26 heavy (non-hydrogen) atoms. The van der Waals surface area contributed by atoms with Gasteiger partial charge in [-0.2, -0.15) is 0 Å². The Labute approximate surface area is 154 Å². The monoisotopic (exact) mass is 354 g/mol. The van der Waals surface area contributed by atoms with Crippen LogP contribution in [0.4, 0.5) is 5.95 Å². The highest BCUT2D eigenvalue weighted by Crippen LogP contribution is 2.26. The van der Waals surface area contributed by atoms with Crippen molar-refractivity contribution < 1.29 is 9.90 Å². The third-order valence-corrected chi connectivity index (χ3v) is 4.84. The van der Waals surface area contributed by atoms with Crippen molar-refractivity contribution in [1.29, 1.82) is 0 Å². The first-order chi connectivity index (χ1) is 12.4. The van der Waals surface area contributed by atoms with E-state index in [-0.39, 0.29) is 5.91 Å². The maximum Gasteiger partial charge on any atom is 0.253 e. The number of aromatic nitrogens is 2. The first-order valence-electron chi connectivity index (χ1n) is 8.97. The van der Waals surface area contributed by atoms with Crippen LogP contribution < -0.4 is 4.90 Å². The van der Waals surface area contributed by atoms with Gasteiger partial charge < -0.3 is 14.9 Å². The number of nitrogens with zero attached hydrogens (tertiary/aromatic N) is 4. The van der Waals surface area contributed by atoms with E-state index in [1.807, 2.05) is 57.1 Å². The Bertz CT molecular complexity index is 819. The molecule has 0 unspecified atom stereocenters. The van der Waals surface area contributed by atoms with E-state index in [9.17, 15) is 9.90 Å². The summed E-state index contributed by atoms with van der Waals surface area (Å²) >= 11 is 0. The van der Waals surface area contributed by atoms with Crippen molar-refractivity contribution in [3.63, 3.8) is 0 Å². The third kappa shape index (κ3) is 3.70. The van der Waals surface area contributed by atoms with Gasteiger partial charge in [-0.15, -0.1) is 0 Å². The Hall–Kier alpha value is -2.47. The van der Waals surface area contributed by atoms with E-state index in [0.29, 0.717) is 24.6 Å². The van der Waals surface area contributed by atoms with Gasteiger partial charge in [0.05, 0.1) is 11.8 Å². The Morgan fingerprint density at radius 2 is 2.04 bits per heavy atom. The van der Waals surface area contributed by atoms with Gasteiger partial charge in [-0.1, -0.05) is 12.1 Å². The predicted octanol–water partition coefficient (Wildman–Crippen LogP) is 2.42. The number of β-amino-alcohol motifs (C(OH)–C–C–N with tert-alkyl or cyclic N) is 1. The summed E-state index contributed by atoms with van der Waals surface area (Å²) in [6, 6.07) is 7.56. The van der Waals surface area contributed by atoms with Gasteiger partial charge in [-0.25, -0.2) is 9.97 Å². The van der Waals surface area contributed by atoms with Gasteiger partial charge in [0.2, 0.25) is 5.95 Å². The molecule has 138 valence electrons. The molecule has 0 saturated carbocycles. The quantitative estimate of drug-likeness (QED) is 0.917. The number of benzene rings is 1. The predicted molar refractivity (Wildman–Crippen MR) is 102 cm³/mol. The minimum absolute atomic E-state index is 0.0399. The maximum absolute atomic E-state index is 12.8. The average molecular weight is 354 g/mol. The normalized spacial score (nSPS) is 17.3. The molecule has 0 radical (unpaired) electrons. The highest BCUT2D eigenvalue weighted by molar-refractivity contribution is 5.95. The summed E-state index contributed by atoms with van der Waals surface area (Å²) in [6.45, 7) is 5.06. The molecule has 6 heteroatoms. The first kappa shape index (κ1) is 18.3. The van der Waals surface area contributed by atoms with Crippen LogP contribution in [0.3, 0.4) is 0 Å². The topological polar surface area (TPSA) is 69.6 Å². The SMILES string of the molecule is Cc1nc(N(C)C)nc(-c2cccc(C(=O)N3CCC[C@@H](O)C3)c2)c1C. The van der Waals surface area contributed by atoms with Crippen molar-refractivity contribution in [2.45, 2.75) is 32.8 Å². The lowest BCUT2D eigenvalue weighted by Gasteiger charge is -2.30. The van der Waals surface area contributed by atoms with Crippen LogP contribution in [0, 0.1) is 13.8 Å². The number of piperidine rings is 1. The zero-order valence-corrected chi connectivity index (χ0v) is 15.9. The van der Waals surface area contributed by atoms with E-state index >= 15 is 0 Å². The molecule has 3 rings (SSSR count). The minimum Gasteiger partial charge on any atom is -0.391 e. The number of aliphatic hydroxyl groups excluding tert-OH is 1. The zero-order valence-electron chi connectivity index (χ0n) is 15.9. The molecule has 0 aliphatic carbocycles. The maximum atomic E-state index is 12.8. The molecule has 1 fully saturated rings. The van der Waals surface area contributed by atoms with Gasteiger partial charge in [-0.3, -0.25) is 4.79 Å². The van der Waals surface area contributed by atoms with Crippen molar-refractivity contribution in [2.75, 3.05) is 32.1 Å². The second-order valence-corrected chi connectivity index (χ2v) is 7.11. The van der Waals surface area contributed by atoms with Crippen LogP contribution in [0.2, 0.25) is 0 Å². The van der Waals surface area contributed by atoms with Crippen LogP contribution in [-0.4, -0.2) is 59.2 Å². The number of amides is 1. The Kier molecular flexibility index (Phi) is 5.23.